The predicted octanol–water partition coefficient (Wildman–Crippen LogP) is 2.70. The molecular weight excluding hydrogens is 181 g/mol. The van der Waals surface area contributed by atoms with Crippen LogP contribution in [0.5, 0.6) is 5.75 Å². The Labute approximate surface area is 81.0 Å². The molecule has 1 heterocycles. The Bertz CT molecular complexity index is 508. The van der Waals surface area contributed by atoms with E-state index in [9.17, 15) is 9.50 Å². The number of rotatable bonds is 0. The van der Waals surface area contributed by atoms with Crippen molar-refractivity contribution < 1.29 is 9.50 Å². The fourth-order valence-electron chi connectivity index (χ4n) is 1.47. The third-order valence-corrected chi connectivity index (χ3v) is 2.42. The molecule has 0 atom stereocenters. The van der Waals surface area contributed by atoms with E-state index in [4.69, 9.17) is 0 Å². The maximum Gasteiger partial charge on any atom is 0.147 e. The van der Waals surface area contributed by atoms with Gasteiger partial charge >= 0.3 is 0 Å². The summed E-state index contributed by atoms with van der Waals surface area (Å²) in [7, 11) is 0. The summed E-state index contributed by atoms with van der Waals surface area (Å²) in [6, 6.07) is 3.20. The van der Waals surface area contributed by atoms with Gasteiger partial charge in [0.05, 0.1) is 0 Å². The van der Waals surface area contributed by atoms with E-state index in [0.717, 1.165) is 5.56 Å². The highest BCUT2D eigenvalue weighted by atomic mass is 19.1. The number of fused-ring (bicyclic) bond motifs is 1. The molecule has 0 aliphatic carbocycles. The van der Waals surface area contributed by atoms with Crippen LogP contribution < -0.4 is 0 Å². The molecule has 0 spiro atoms. The molecule has 0 amide bonds. The summed E-state index contributed by atoms with van der Waals surface area (Å²) in [5.41, 5.74) is 1.61. The molecule has 0 saturated heterocycles. The molecule has 0 aliphatic heterocycles. The molecule has 72 valence electrons. The van der Waals surface area contributed by atoms with E-state index in [1.165, 1.54) is 13.0 Å². The number of phenolic OH excluding ortho intramolecular Hbond substituents is 1. The topological polar surface area (TPSA) is 33.1 Å². The van der Waals surface area contributed by atoms with Crippen molar-refractivity contribution in [1.82, 2.24) is 4.98 Å². The lowest BCUT2D eigenvalue weighted by Gasteiger charge is -2.06. The maximum absolute atomic E-state index is 13.3. The van der Waals surface area contributed by atoms with Gasteiger partial charge in [-0.3, -0.25) is 4.98 Å². The van der Waals surface area contributed by atoms with Gasteiger partial charge in [0, 0.05) is 17.1 Å². The first-order valence-electron chi connectivity index (χ1n) is 4.34. The number of nitrogens with zero attached hydrogens (tertiary/aromatic N) is 1. The van der Waals surface area contributed by atoms with Gasteiger partial charge < -0.3 is 5.11 Å². The maximum atomic E-state index is 13.3. The molecule has 1 N–H and O–H groups in total. The Morgan fingerprint density at radius 1 is 1.36 bits per heavy atom. The minimum absolute atomic E-state index is 0.0660. The number of aromatic nitrogens is 1. The Hall–Kier alpha value is -1.64. The van der Waals surface area contributed by atoms with Crippen LogP contribution in [0.3, 0.4) is 0 Å². The molecule has 1 aromatic carbocycles. The fraction of sp³-hybridized carbons (Fsp3) is 0.182. The molecule has 2 nitrogen and oxygen atoms in total. The highest BCUT2D eigenvalue weighted by molar-refractivity contribution is 5.88. The van der Waals surface area contributed by atoms with E-state index in [1.54, 1.807) is 12.3 Å². The quantitative estimate of drug-likeness (QED) is 0.694. The molecule has 0 aliphatic rings. The number of aromatic hydroxyl groups is 1. The summed E-state index contributed by atoms with van der Waals surface area (Å²) in [4.78, 5) is 4.03. The summed E-state index contributed by atoms with van der Waals surface area (Å²) in [6.45, 7) is 3.40. The van der Waals surface area contributed by atoms with Crippen LogP contribution >= 0.6 is 0 Å². The molecule has 0 radical (unpaired) electrons. The van der Waals surface area contributed by atoms with Gasteiger partial charge in [-0.05, 0) is 31.5 Å². The minimum Gasteiger partial charge on any atom is -0.505 e. The summed E-state index contributed by atoms with van der Waals surface area (Å²) in [5.74, 6) is -0.463. The van der Waals surface area contributed by atoms with Gasteiger partial charge in [-0.15, -0.1) is 0 Å². The standard InChI is InChI=1S/C11H10FNO/c1-6-3-4-13-10-8(6)5-9(12)7(2)11(10)14/h3-5,14H,1-2H3. The zero-order chi connectivity index (χ0) is 10.3. The highest BCUT2D eigenvalue weighted by Crippen LogP contribution is 2.30. The summed E-state index contributed by atoms with van der Waals surface area (Å²) in [5, 5.41) is 10.3. The molecule has 0 saturated carbocycles. The van der Waals surface area contributed by atoms with Crippen molar-refractivity contribution in [3.05, 3.63) is 35.3 Å². The van der Waals surface area contributed by atoms with E-state index in [2.05, 4.69) is 4.98 Å². The van der Waals surface area contributed by atoms with E-state index in [1.807, 2.05) is 6.92 Å². The van der Waals surface area contributed by atoms with Crippen LogP contribution in [-0.2, 0) is 0 Å². The van der Waals surface area contributed by atoms with E-state index in [-0.39, 0.29) is 11.3 Å². The second-order valence-electron chi connectivity index (χ2n) is 3.36. The van der Waals surface area contributed by atoms with Crippen molar-refractivity contribution in [2.75, 3.05) is 0 Å². The van der Waals surface area contributed by atoms with Crippen molar-refractivity contribution in [2.45, 2.75) is 13.8 Å². The highest BCUT2D eigenvalue weighted by Gasteiger charge is 2.10. The average Bonchev–Trinajstić information content (AvgIpc) is 2.17. The van der Waals surface area contributed by atoms with Gasteiger partial charge in [0.1, 0.15) is 17.1 Å². The molecule has 1 aromatic heterocycles. The van der Waals surface area contributed by atoms with E-state index in [0.29, 0.717) is 10.9 Å². The summed E-state index contributed by atoms with van der Waals surface area (Å²) in [6.07, 6.45) is 1.61. The number of phenols is 1. The average molecular weight is 191 g/mol. The lowest BCUT2D eigenvalue weighted by atomic mass is 10.1. The molecule has 0 unspecified atom stereocenters. The number of hydrogen-bond acceptors (Lipinski definition) is 2. The second-order valence-corrected chi connectivity index (χ2v) is 3.36. The second kappa shape index (κ2) is 2.94. The van der Waals surface area contributed by atoms with E-state index < -0.39 is 5.82 Å². The minimum atomic E-state index is -0.397. The van der Waals surface area contributed by atoms with Crippen LogP contribution in [0.1, 0.15) is 11.1 Å². The molecular formula is C11H10FNO. The zero-order valence-electron chi connectivity index (χ0n) is 8.00. The third kappa shape index (κ3) is 1.13. The van der Waals surface area contributed by atoms with Crippen LogP contribution in [0, 0.1) is 19.7 Å². The fourth-order valence-corrected chi connectivity index (χ4v) is 1.47. The zero-order valence-corrected chi connectivity index (χ0v) is 8.00. The normalized spacial score (nSPS) is 10.8. The number of benzene rings is 1. The van der Waals surface area contributed by atoms with Gasteiger partial charge in [0.15, 0.2) is 0 Å². The summed E-state index contributed by atoms with van der Waals surface area (Å²) < 4.78 is 13.3. The van der Waals surface area contributed by atoms with Crippen LogP contribution in [0.15, 0.2) is 18.3 Å². The van der Waals surface area contributed by atoms with Crippen molar-refractivity contribution in [3.8, 4) is 5.75 Å². The predicted molar refractivity (Wildman–Crippen MR) is 52.8 cm³/mol. The molecule has 3 heteroatoms. The molecule has 2 aromatic rings. The van der Waals surface area contributed by atoms with Gasteiger partial charge in [-0.2, -0.15) is 0 Å². The van der Waals surface area contributed by atoms with E-state index >= 15 is 0 Å². The molecule has 2 rings (SSSR count). The summed E-state index contributed by atoms with van der Waals surface area (Å²) >= 11 is 0. The first-order valence-corrected chi connectivity index (χ1v) is 4.34. The Kier molecular flexibility index (Phi) is 1.88. The molecule has 14 heavy (non-hydrogen) atoms. The van der Waals surface area contributed by atoms with Crippen molar-refractivity contribution in [1.29, 1.82) is 0 Å². The van der Waals surface area contributed by atoms with Crippen LogP contribution in [-0.4, -0.2) is 10.1 Å². The SMILES string of the molecule is Cc1c(F)cc2c(C)ccnc2c1O. The largest absolute Gasteiger partial charge is 0.505 e. The van der Waals surface area contributed by atoms with Crippen LogP contribution in [0.4, 0.5) is 4.39 Å². The first-order chi connectivity index (χ1) is 6.61. The smallest absolute Gasteiger partial charge is 0.147 e. The van der Waals surface area contributed by atoms with Crippen molar-refractivity contribution in [2.24, 2.45) is 0 Å². The first kappa shape index (κ1) is 8.94. The lowest BCUT2D eigenvalue weighted by molar-refractivity contribution is 0.468. The number of halogens is 1. The molecule has 0 fully saturated rings. The van der Waals surface area contributed by atoms with Gasteiger partial charge in [-0.25, -0.2) is 4.39 Å². The van der Waals surface area contributed by atoms with Gasteiger partial charge in [0.25, 0.3) is 0 Å². The van der Waals surface area contributed by atoms with Crippen molar-refractivity contribution in [3.63, 3.8) is 0 Å². The van der Waals surface area contributed by atoms with Gasteiger partial charge in [0.2, 0.25) is 0 Å². The van der Waals surface area contributed by atoms with Crippen LogP contribution in [0.25, 0.3) is 10.9 Å². The Morgan fingerprint density at radius 2 is 2.07 bits per heavy atom. The third-order valence-electron chi connectivity index (χ3n) is 2.42. The molecule has 0 bridgehead atoms. The number of hydrogen-bond donors (Lipinski definition) is 1. The van der Waals surface area contributed by atoms with Crippen LogP contribution in [0.2, 0.25) is 0 Å². The Balaban J connectivity index is 2.98. The van der Waals surface area contributed by atoms with Crippen molar-refractivity contribution >= 4 is 10.9 Å². The Morgan fingerprint density at radius 3 is 2.79 bits per heavy atom. The monoisotopic (exact) mass is 191 g/mol. The van der Waals surface area contributed by atoms with Gasteiger partial charge in [-0.1, -0.05) is 0 Å². The number of aryl methyl sites for hydroxylation is 1. The lowest BCUT2D eigenvalue weighted by Crippen LogP contribution is -1.89. The number of pyridine rings is 1.